The minimum absolute atomic E-state index is 0.000711. The van der Waals surface area contributed by atoms with Crippen LogP contribution < -0.4 is 5.32 Å². The lowest BCUT2D eigenvalue weighted by molar-refractivity contribution is -0.117. The van der Waals surface area contributed by atoms with Gasteiger partial charge in [0.15, 0.2) is 5.78 Å². The van der Waals surface area contributed by atoms with Crippen LogP contribution in [0.1, 0.15) is 37.6 Å². The van der Waals surface area contributed by atoms with E-state index in [0.717, 1.165) is 21.7 Å². The van der Waals surface area contributed by atoms with E-state index >= 15 is 0 Å². The molecule has 3 aromatic carbocycles. The normalized spacial score (nSPS) is 11.2. The fourth-order valence-corrected chi connectivity index (χ4v) is 3.91. The maximum atomic E-state index is 12.6. The Morgan fingerprint density at radius 2 is 1.50 bits per heavy atom. The molecule has 0 aliphatic heterocycles. The Bertz CT molecular complexity index is 1010. The summed E-state index contributed by atoms with van der Waals surface area (Å²) in [5.74, 6) is 0.436. The van der Waals surface area contributed by atoms with Crippen LogP contribution in [0.25, 0.3) is 11.1 Å². The van der Waals surface area contributed by atoms with Crippen molar-refractivity contribution in [2.75, 3.05) is 11.1 Å². The van der Waals surface area contributed by atoms with E-state index in [1.165, 1.54) is 11.8 Å². The van der Waals surface area contributed by atoms with Crippen molar-refractivity contribution >= 4 is 29.1 Å². The van der Waals surface area contributed by atoms with Gasteiger partial charge < -0.3 is 5.32 Å². The topological polar surface area (TPSA) is 46.2 Å². The number of hydrogen-bond acceptors (Lipinski definition) is 3. The third-order valence-electron chi connectivity index (χ3n) is 4.49. The van der Waals surface area contributed by atoms with Crippen LogP contribution in [-0.4, -0.2) is 17.4 Å². The third kappa shape index (κ3) is 6.60. The fraction of sp³-hybridized carbons (Fsp3) is 0.231. The molecule has 0 bridgehead atoms. The predicted molar refractivity (Wildman–Crippen MR) is 126 cm³/mol. The van der Waals surface area contributed by atoms with Crippen molar-refractivity contribution in [1.29, 1.82) is 0 Å². The summed E-state index contributed by atoms with van der Waals surface area (Å²) in [7, 11) is 0. The number of Topliss-reactive ketones (excluding diaryl/α,β-unsaturated/α-hetero) is 1. The minimum Gasteiger partial charge on any atom is -0.326 e. The number of carbonyl (C=O) groups is 2. The number of anilines is 1. The van der Waals surface area contributed by atoms with E-state index in [1.54, 1.807) is 0 Å². The Labute approximate surface area is 182 Å². The Balaban J connectivity index is 1.57. The third-order valence-corrected chi connectivity index (χ3v) is 5.49. The van der Waals surface area contributed by atoms with Crippen molar-refractivity contribution in [2.45, 2.75) is 32.1 Å². The van der Waals surface area contributed by atoms with Crippen LogP contribution in [0.2, 0.25) is 0 Å². The lowest BCUT2D eigenvalue weighted by Crippen LogP contribution is -2.19. The molecule has 0 spiro atoms. The number of thioether (sulfide) groups is 1. The van der Waals surface area contributed by atoms with Gasteiger partial charge in [0.2, 0.25) is 5.91 Å². The van der Waals surface area contributed by atoms with E-state index in [2.05, 4.69) is 17.4 Å². The van der Waals surface area contributed by atoms with Crippen molar-refractivity contribution in [1.82, 2.24) is 0 Å². The second-order valence-electron chi connectivity index (χ2n) is 8.47. The van der Waals surface area contributed by atoms with Gasteiger partial charge in [0.25, 0.3) is 0 Å². The highest BCUT2D eigenvalue weighted by Crippen LogP contribution is 2.25. The summed E-state index contributed by atoms with van der Waals surface area (Å²) < 4.78 is 0. The first-order chi connectivity index (χ1) is 14.3. The first-order valence-electron chi connectivity index (χ1n) is 10.0. The second kappa shape index (κ2) is 9.77. The SMILES string of the molecule is CC(C)(C)CC(=O)Nc1cccc(SCC(=O)c2ccc(-c3ccccc3)cc2)c1. The van der Waals surface area contributed by atoms with E-state index in [9.17, 15) is 9.59 Å². The van der Waals surface area contributed by atoms with Gasteiger partial charge in [-0.25, -0.2) is 0 Å². The van der Waals surface area contributed by atoms with Crippen LogP contribution >= 0.6 is 11.8 Å². The van der Waals surface area contributed by atoms with Gasteiger partial charge in [-0.1, -0.05) is 81.4 Å². The van der Waals surface area contributed by atoms with Crippen molar-refractivity contribution in [3.05, 3.63) is 84.4 Å². The second-order valence-corrected chi connectivity index (χ2v) is 9.52. The van der Waals surface area contributed by atoms with E-state index in [1.807, 2.05) is 87.5 Å². The maximum absolute atomic E-state index is 12.6. The molecule has 0 unspecified atom stereocenters. The predicted octanol–water partition coefficient (Wildman–Crippen LogP) is 6.70. The van der Waals surface area contributed by atoms with E-state index in [-0.39, 0.29) is 17.1 Å². The zero-order valence-corrected chi connectivity index (χ0v) is 18.5. The molecule has 4 heteroatoms. The molecule has 0 atom stereocenters. The van der Waals surface area contributed by atoms with Gasteiger partial charge in [0, 0.05) is 22.6 Å². The van der Waals surface area contributed by atoms with Crippen molar-refractivity contribution in [2.24, 2.45) is 5.41 Å². The molecule has 0 aliphatic carbocycles. The number of hydrogen-bond donors (Lipinski definition) is 1. The van der Waals surface area contributed by atoms with Crippen LogP contribution in [0, 0.1) is 5.41 Å². The van der Waals surface area contributed by atoms with Crippen molar-refractivity contribution < 1.29 is 9.59 Å². The summed E-state index contributed by atoms with van der Waals surface area (Å²) in [5.41, 5.74) is 3.64. The molecule has 0 aromatic heterocycles. The van der Waals surface area contributed by atoms with Gasteiger partial charge in [0.05, 0.1) is 5.75 Å². The molecule has 3 rings (SSSR count). The summed E-state index contributed by atoms with van der Waals surface area (Å²) in [6, 6.07) is 25.5. The number of benzene rings is 3. The molecule has 1 amide bonds. The molecule has 0 heterocycles. The molecule has 0 aliphatic rings. The highest BCUT2D eigenvalue weighted by Gasteiger charge is 2.16. The Morgan fingerprint density at radius 1 is 0.833 bits per heavy atom. The van der Waals surface area contributed by atoms with E-state index in [4.69, 9.17) is 0 Å². The van der Waals surface area contributed by atoms with Crippen LogP contribution in [-0.2, 0) is 4.79 Å². The average Bonchev–Trinajstić information content (AvgIpc) is 2.71. The van der Waals surface area contributed by atoms with Gasteiger partial charge in [-0.15, -0.1) is 11.8 Å². The molecule has 0 fully saturated rings. The number of nitrogens with one attached hydrogen (secondary N) is 1. The van der Waals surface area contributed by atoms with Crippen LogP contribution in [0.5, 0.6) is 0 Å². The monoisotopic (exact) mass is 417 g/mol. The largest absolute Gasteiger partial charge is 0.326 e. The van der Waals surface area contributed by atoms with Crippen molar-refractivity contribution in [3.63, 3.8) is 0 Å². The zero-order valence-electron chi connectivity index (χ0n) is 17.6. The summed E-state index contributed by atoms with van der Waals surface area (Å²) in [5, 5.41) is 2.94. The van der Waals surface area contributed by atoms with Gasteiger partial charge in [-0.05, 0) is 34.7 Å². The Morgan fingerprint density at radius 3 is 2.17 bits per heavy atom. The molecule has 3 aromatic rings. The average molecular weight is 418 g/mol. The summed E-state index contributed by atoms with van der Waals surface area (Å²) >= 11 is 1.48. The highest BCUT2D eigenvalue weighted by molar-refractivity contribution is 8.00. The Kier molecular flexibility index (Phi) is 7.11. The number of amides is 1. The quantitative estimate of drug-likeness (QED) is 0.343. The Hall–Kier alpha value is -2.85. The van der Waals surface area contributed by atoms with Crippen LogP contribution in [0.15, 0.2) is 83.8 Å². The van der Waals surface area contributed by atoms with Gasteiger partial charge in [-0.3, -0.25) is 9.59 Å². The van der Waals surface area contributed by atoms with Gasteiger partial charge >= 0.3 is 0 Å². The molecule has 0 radical (unpaired) electrons. The summed E-state index contributed by atoms with van der Waals surface area (Å²) in [6.45, 7) is 6.12. The summed E-state index contributed by atoms with van der Waals surface area (Å²) in [6.07, 6.45) is 0.460. The molecule has 1 N–H and O–H groups in total. The molecular weight excluding hydrogens is 390 g/mol. The molecule has 154 valence electrons. The van der Waals surface area contributed by atoms with E-state index in [0.29, 0.717) is 17.7 Å². The molecule has 30 heavy (non-hydrogen) atoms. The highest BCUT2D eigenvalue weighted by atomic mass is 32.2. The van der Waals surface area contributed by atoms with Crippen LogP contribution in [0.4, 0.5) is 5.69 Å². The van der Waals surface area contributed by atoms with Gasteiger partial charge in [-0.2, -0.15) is 0 Å². The summed E-state index contributed by atoms with van der Waals surface area (Å²) in [4.78, 5) is 25.7. The molecule has 0 saturated heterocycles. The van der Waals surface area contributed by atoms with Crippen LogP contribution in [0.3, 0.4) is 0 Å². The first kappa shape index (κ1) is 21.8. The molecule has 3 nitrogen and oxygen atoms in total. The lowest BCUT2D eigenvalue weighted by Gasteiger charge is -2.17. The minimum atomic E-state index is -0.0566. The lowest BCUT2D eigenvalue weighted by atomic mass is 9.92. The smallest absolute Gasteiger partial charge is 0.224 e. The first-order valence-corrected chi connectivity index (χ1v) is 11.0. The number of carbonyl (C=O) groups excluding carboxylic acids is 2. The standard InChI is InChI=1S/C26H27NO2S/c1-26(2,3)17-25(29)27-22-10-7-11-23(16-22)30-18-24(28)21-14-12-20(13-15-21)19-8-5-4-6-9-19/h4-16H,17-18H2,1-3H3,(H,27,29). The zero-order chi connectivity index (χ0) is 21.6. The fourth-order valence-electron chi connectivity index (χ4n) is 3.06. The molecular formula is C26H27NO2S. The maximum Gasteiger partial charge on any atom is 0.224 e. The van der Waals surface area contributed by atoms with Gasteiger partial charge in [0.1, 0.15) is 0 Å². The number of ketones is 1. The van der Waals surface area contributed by atoms with E-state index < -0.39 is 0 Å². The number of rotatable bonds is 7. The van der Waals surface area contributed by atoms with Crippen molar-refractivity contribution in [3.8, 4) is 11.1 Å². The molecule has 0 saturated carbocycles.